The summed E-state index contributed by atoms with van der Waals surface area (Å²) in [4.78, 5) is 5.90. The van der Waals surface area contributed by atoms with E-state index < -0.39 is 9.04 Å². The van der Waals surface area contributed by atoms with Gasteiger partial charge in [-0.2, -0.15) is 0 Å². The second-order valence-electron chi connectivity index (χ2n) is 4.58. The number of rotatable bonds is 5. The molecule has 0 N–H and O–H groups in total. The summed E-state index contributed by atoms with van der Waals surface area (Å²) in [5.74, 6) is 0.895. The zero-order valence-corrected chi connectivity index (χ0v) is 13.3. The molecule has 0 saturated carbocycles. The molecule has 1 aromatic carbocycles. The van der Waals surface area contributed by atoms with Crippen LogP contribution in [0.5, 0.6) is 5.75 Å². The van der Waals surface area contributed by atoms with Gasteiger partial charge in [0.05, 0.1) is 0 Å². The number of aryl methyl sites for hydroxylation is 1. The molecule has 0 atom stereocenters. The maximum atomic E-state index is 5.88. The maximum absolute atomic E-state index is 5.88. The highest BCUT2D eigenvalue weighted by molar-refractivity contribution is 7.10. The van der Waals surface area contributed by atoms with Crippen molar-refractivity contribution in [2.75, 3.05) is 0 Å². The van der Waals surface area contributed by atoms with Crippen LogP contribution in [0, 0.1) is 6.92 Å². The van der Waals surface area contributed by atoms with Gasteiger partial charge in [0.1, 0.15) is 11.4 Å². The molecule has 2 rings (SSSR count). The van der Waals surface area contributed by atoms with Gasteiger partial charge in [-0.15, -0.1) is 11.3 Å². The molecule has 4 heteroatoms. The zero-order valence-electron chi connectivity index (χ0n) is 12.5. The van der Waals surface area contributed by atoms with Crippen molar-refractivity contribution in [2.24, 2.45) is 4.99 Å². The third-order valence-electron chi connectivity index (χ3n) is 2.53. The Labute approximate surface area is 122 Å². The Morgan fingerprint density at radius 1 is 1.37 bits per heavy atom. The average Bonchev–Trinajstić information content (AvgIpc) is 2.85. The summed E-state index contributed by atoms with van der Waals surface area (Å²) in [7, 11) is -0.761. The standard InChI is InChI=1S/C15H18NOSSi/c1-12-6-7-15(17-19(2)3)14(11-12)16-9-8-13-5-4-10-18-13/h4-7,9-11H,8H2,1-3H3/p+1. The molecule has 1 heterocycles. The number of nitrogens with zero attached hydrogens (tertiary/aromatic N) is 1. The molecule has 19 heavy (non-hydrogen) atoms. The van der Waals surface area contributed by atoms with Crippen LogP contribution in [0.2, 0.25) is 13.1 Å². The van der Waals surface area contributed by atoms with Crippen molar-refractivity contribution >= 4 is 32.3 Å². The first-order valence-electron chi connectivity index (χ1n) is 6.29. The minimum Gasteiger partial charge on any atom is -0.541 e. The van der Waals surface area contributed by atoms with Crippen LogP contribution < -0.4 is 4.43 Å². The lowest BCUT2D eigenvalue weighted by Crippen LogP contribution is -2.11. The quantitative estimate of drug-likeness (QED) is 0.575. The Balaban J connectivity index is 0.00000200. The van der Waals surface area contributed by atoms with Gasteiger partial charge in [0.15, 0.2) is 0 Å². The zero-order chi connectivity index (χ0) is 13.7. The number of benzene rings is 1. The van der Waals surface area contributed by atoms with Gasteiger partial charge in [-0.25, -0.2) is 0 Å². The number of hydrogen-bond acceptors (Lipinski definition) is 3. The third kappa shape index (κ3) is 4.33. The Morgan fingerprint density at radius 3 is 2.89 bits per heavy atom. The molecule has 0 aliphatic rings. The third-order valence-corrected chi connectivity index (χ3v) is 4.06. The van der Waals surface area contributed by atoms with Crippen LogP contribution in [0.15, 0.2) is 40.7 Å². The van der Waals surface area contributed by atoms with Gasteiger partial charge in [-0.05, 0) is 49.2 Å². The highest BCUT2D eigenvalue weighted by Gasteiger charge is 2.06. The van der Waals surface area contributed by atoms with Gasteiger partial charge in [-0.1, -0.05) is 12.1 Å². The highest BCUT2D eigenvalue weighted by Crippen LogP contribution is 2.29. The van der Waals surface area contributed by atoms with E-state index in [1.54, 1.807) is 11.3 Å². The monoisotopic (exact) mass is 289 g/mol. The summed E-state index contributed by atoms with van der Waals surface area (Å²) in [5.41, 5.74) is 2.14. The molecule has 0 aliphatic heterocycles. The van der Waals surface area contributed by atoms with Crippen LogP contribution in [0.1, 0.15) is 11.9 Å². The van der Waals surface area contributed by atoms with Crippen molar-refractivity contribution in [3.63, 3.8) is 0 Å². The first-order valence-corrected chi connectivity index (χ1v) is 9.57. The molecule has 0 aliphatic carbocycles. The fraction of sp³-hybridized carbons (Fsp3) is 0.267. The van der Waals surface area contributed by atoms with Crippen LogP contribution in [0.3, 0.4) is 0 Å². The second kappa shape index (κ2) is 6.68. The second-order valence-corrected chi connectivity index (χ2v) is 7.63. The molecule has 0 amide bonds. The molecule has 0 saturated heterocycles. The Hall–Kier alpha value is -1.39. The molecular formula is C15H19NOSSi+. The van der Waals surface area contributed by atoms with Crippen molar-refractivity contribution in [3.8, 4) is 5.75 Å². The summed E-state index contributed by atoms with van der Waals surface area (Å²) in [6.07, 6.45) is 2.84. The maximum Gasteiger partial charge on any atom is 1.00 e. The molecule has 0 fully saturated rings. The van der Waals surface area contributed by atoms with Crippen molar-refractivity contribution in [1.29, 1.82) is 0 Å². The number of hydrogen-bond donors (Lipinski definition) is 0. The van der Waals surface area contributed by atoms with E-state index >= 15 is 0 Å². The molecule has 0 unspecified atom stereocenters. The normalized spacial score (nSPS) is 11.4. The number of thiophene rings is 1. The van der Waals surface area contributed by atoms with Crippen molar-refractivity contribution in [1.82, 2.24) is 0 Å². The minimum atomic E-state index is -0.761. The summed E-state index contributed by atoms with van der Waals surface area (Å²) >= 11 is 1.76. The predicted molar refractivity (Wildman–Crippen MR) is 86.6 cm³/mol. The molecule has 0 spiro atoms. The van der Waals surface area contributed by atoms with E-state index in [1.165, 1.54) is 10.4 Å². The lowest BCUT2D eigenvalue weighted by molar-refractivity contribution is 0.582. The molecule has 1 radical (unpaired) electrons. The Kier molecular flexibility index (Phi) is 4.93. The fourth-order valence-electron chi connectivity index (χ4n) is 1.70. The first-order chi connectivity index (χ1) is 9.15. The number of aliphatic imine (C=N–C) groups is 1. The molecule has 99 valence electrons. The minimum absolute atomic E-state index is 0. The summed E-state index contributed by atoms with van der Waals surface area (Å²) in [6.45, 7) is 6.33. The summed E-state index contributed by atoms with van der Waals surface area (Å²) in [5, 5.41) is 2.09. The van der Waals surface area contributed by atoms with E-state index in [0.29, 0.717) is 0 Å². The van der Waals surface area contributed by atoms with Crippen molar-refractivity contribution < 1.29 is 5.85 Å². The van der Waals surface area contributed by atoms with Gasteiger partial charge < -0.3 is 4.43 Å². The van der Waals surface area contributed by atoms with Gasteiger partial charge in [-0.3, -0.25) is 4.99 Å². The van der Waals surface area contributed by atoms with Gasteiger partial charge in [0.25, 0.3) is 9.04 Å². The lowest BCUT2D eigenvalue weighted by Gasteiger charge is -2.11. The van der Waals surface area contributed by atoms with E-state index in [0.717, 1.165) is 17.9 Å². The van der Waals surface area contributed by atoms with Crippen LogP contribution in [0.25, 0.3) is 0 Å². The van der Waals surface area contributed by atoms with Gasteiger partial charge in [0.2, 0.25) is 0 Å². The predicted octanol–water partition coefficient (Wildman–Crippen LogP) is 4.74. The smallest absolute Gasteiger partial charge is 0.541 e. The van der Waals surface area contributed by atoms with E-state index in [9.17, 15) is 0 Å². The van der Waals surface area contributed by atoms with E-state index in [-0.39, 0.29) is 1.43 Å². The van der Waals surface area contributed by atoms with Crippen molar-refractivity contribution in [3.05, 3.63) is 46.2 Å². The molecule has 2 nitrogen and oxygen atoms in total. The fourth-order valence-corrected chi connectivity index (χ4v) is 2.97. The molecule has 1 aromatic heterocycles. The highest BCUT2D eigenvalue weighted by atomic mass is 32.1. The summed E-state index contributed by atoms with van der Waals surface area (Å²) < 4.78 is 5.88. The van der Waals surface area contributed by atoms with E-state index in [2.05, 4.69) is 54.7 Å². The first kappa shape index (κ1) is 14.0. The van der Waals surface area contributed by atoms with Crippen molar-refractivity contribution in [2.45, 2.75) is 26.4 Å². The van der Waals surface area contributed by atoms with Crippen LogP contribution in [0.4, 0.5) is 5.69 Å². The average molecular weight is 289 g/mol. The van der Waals surface area contributed by atoms with Crippen LogP contribution >= 0.6 is 11.3 Å². The summed E-state index contributed by atoms with van der Waals surface area (Å²) in [6, 6.07) is 10.4. The topological polar surface area (TPSA) is 21.6 Å². The van der Waals surface area contributed by atoms with E-state index in [1.807, 2.05) is 12.3 Å². The molecular weight excluding hydrogens is 270 g/mol. The largest absolute Gasteiger partial charge is 1.00 e. The van der Waals surface area contributed by atoms with Crippen LogP contribution in [-0.4, -0.2) is 15.3 Å². The molecule has 0 bridgehead atoms. The Morgan fingerprint density at radius 2 is 2.21 bits per heavy atom. The van der Waals surface area contributed by atoms with Gasteiger partial charge >= 0.3 is 1.43 Å². The lowest BCUT2D eigenvalue weighted by atomic mass is 10.2. The SMILES string of the molecule is Cc1ccc(O[Si](C)C)c(N=CCc2cccs2)c1.[H+]. The van der Waals surface area contributed by atoms with E-state index in [4.69, 9.17) is 4.43 Å². The molecule has 2 aromatic rings. The van der Waals surface area contributed by atoms with Gasteiger partial charge in [0, 0.05) is 17.5 Å². The Bertz CT molecular complexity index is 555. The van der Waals surface area contributed by atoms with Crippen LogP contribution in [-0.2, 0) is 6.42 Å².